The summed E-state index contributed by atoms with van der Waals surface area (Å²) in [6.45, 7) is 14.3. The van der Waals surface area contributed by atoms with Gasteiger partial charge in [-0.3, -0.25) is 9.59 Å². The molecule has 0 amide bonds. The molecule has 7 nitrogen and oxygen atoms in total. The maximum atomic E-state index is 14.2. The Morgan fingerprint density at radius 3 is 2.16 bits per heavy atom. The Kier molecular flexibility index (Phi) is 6.43. The van der Waals surface area contributed by atoms with Gasteiger partial charge in [-0.05, 0) is 68.8 Å². The molecule has 208 valence electrons. The van der Waals surface area contributed by atoms with E-state index >= 15 is 0 Å². The number of fused-ring (bicyclic) bond motifs is 5. The van der Waals surface area contributed by atoms with E-state index in [1.807, 2.05) is 27.7 Å². The van der Waals surface area contributed by atoms with Crippen molar-refractivity contribution in [3.8, 4) is 0 Å². The predicted octanol–water partition coefficient (Wildman–Crippen LogP) is 2.72. The first-order valence-electron chi connectivity index (χ1n) is 13.6. The number of rotatable bonds is 4. The number of allylic oxidation sites excluding steroid dienone is 1. The Morgan fingerprint density at radius 1 is 1.00 bits per heavy atom. The smallest absolute Gasteiger partial charge is 0.187 e. The fourth-order valence-corrected chi connectivity index (χ4v) is 9.15. The first-order chi connectivity index (χ1) is 16.7. The van der Waals surface area contributed by atoms with E-state index < -0.39 is 62.9 Å². The quantitative estimate of drug-likeness (QED) is 0.285. The monoisotopic (exact) mass is 518 g/mol. The Hall–Kier alpha value is -1.38. The van der Waals surface area contributed by atoms with Crippen LogP contribution < -0.4 is 0 Å². The molecule has 0 aromatic heterocycles. The van der Waals surface area contributed by atoms with Gasteiger partial charge in [0.1, 0.15) is 11.4 Å². The molecule has 3 fully saturated rings. The minimum absolute atomic E-state index is 0.0156. The highest BCUT2D eigenvalue weighted by atomic mass is 16.3. The van der Waals surface area contributed by atoms with Gasteiger partial charge in [0, 0.05) is 23.2 Å². The molecular weight excluding hydrogens is 472 g/mol. The standard InChI is InChI=1S/C30H46O7/c1-25(2,36)12-11-21(33)30(8,37)23-19(32)14-27(5)20-10-9-16-17(13-18(31)24(35)26(16,3)4)29(20,7)22(34)15-28(23,27)6/h9,11-12,17-20,23-24,31-32,35-37H,10,13-15H2,1-8H3/t17-,18+,19-,20+,23+,24+,27+,28-,29+,30+/m1/s1. The zero-order chi connectivity index (χ0) is 28.1. The van der Waals surface area contributed by atoms with E-state index in [9.17, 15) is 35.1 Å². The van der Waals surface area contributed by atoms with Crippen LogP contribution in [0.4, 0.5) is 0 Å². The van der Waals surface area contributed by atoms with Gasteiger partial charge in [0.15, 0.2) is 5.78 Å². The van der Waals surface area contributed by atoms with Gasteiger partial charge in [0.05, 0.1) is 23.9 Å². The van der Waals surface area contributed by atoms with E-state index in [2.05, 4.69) is 13.0 Å². The Labute approximate surface area is 220 Å². The van der Waals surface area contributed by atoms with Gasteiger partial charge >= 0.3 is 0 Å². The van der Waals surface area contributed by atoms with Crippen LogP contribution in [0.5, 0.6) is 0 Å². The molecule has 5 N–H and O–H groups in total. The maximum Gasteiger partial charge on any atom is 0.187 e. The van der Waals surface area contributed by atoms with Gasteiger partial charge in [0.25, 0.3) is 0 Å². The van der Waals surface area contributed by atoms with Gasteiger partial charge in [-0.2, -0.15) is 0 Å². The summed E-state index contributed by atoms with van der Waals surface area (Å²) >= 11 is 0. The first kappa shape index (κ1) is 28.6. The van der Waals surface area contributed by atoms with Gasteiger partial charge in [0.2, 0.25) is 0 Å². The van der Waals surface area contributed by atoms with Crippen molar-refractivity contribution in [2.45, 2.75) is 111 Å². The second kappa shape index (κ2) is 8.31. The highest BCUT2D eigenvalue weighted by molar-refractivity contribution is 5.97. The molecular formula is C30H46O7. The molecule has 0 unspecified atom stereocenters. The van der Waals surface area contributed by atoms with Crippen molar-refractivity contribution in [1.82, 2.24) is 0 Å². The van der Waals surface area contributed by atoms with Crippen molar-refractivity contribution >= 4 is 11.6 Å². The summed E-state index contributed by atoms with van der Waals surface area (Å²) in [6, 6.07) is 0. The third-order valence-corrected chi connectivity index (χ3v) is 11.4. The molecule has 0 aromatic rings. The van der Waals surface area contributed by atoms with E-state index in [1.54, 1.807) is 0 Å². The largest absolute Gasteiger partial charge is 0.393 e. The molecule has 0 bridgehead atoms. The first-order valence-corrected chi connectivity index (χ1v) is 13.6. The Bertz CT molecular complexity index is 1050. The summed E-state index contributed by atoms with van der Waals surface area (Å²) in [5.41, 5.74) is -5.07. The second-order valence-corrected chi connectivity index (χ2v) is 14.4. The zero-order valence-corrected chi connectivity index (χ0v) is 23.6. The highest BCUT2D eigenvalue weighted by Crippen LogP contribution is 2.74. The molecule has 0 aliphatic heterocycles. The van der Waals surface area contributed by atoms with Crippen molar-refractivity contribution in [3.05, 3.63) is 23.8 Å². The minimum atomic E-state index is -1.94. The summed E-state index contributed by atoms with van der Waals surface area (Å²) in [5.74, 6) is -1.88. The highest BCUT2D eigenvalue weighted by Gasteiger charge is 2.74. The van der Waals surface area contributed by atoms with Crippen molar-refractivity contribution in [2.24, 2.45) is 39.4 Å². The number of hydrogen-bond acceptors (Lipinski definition) is 7. The third-order valence-electron chi connectivity index (χ3n) is 11.4. The average Bonchev–Trinajstić information content (AvgIpc) is 2.96. The normalized spacial score (nSPS) is 47.1. The lowest BCUT2D eigenvalue weighted by Gasteiger charge is -2.65. The molecule has 0 spiro atoms. The summed E-state index contributed by atoms with van der Waals surface area (Å²) < 4.78 is 0. The summed E-state index contributed by atoms with van der Waals surface area (Å²) in [6.07, 6.45) is 3.10. The number of aliphatic hydroxyl groups excluding tert-OH is 3. The fraction of sp³-hybridized carbons (Fsp3) is 0.800. The number of Topliss-reactive ketones (excluding diaryl/α,β-unsaturated/α-hetero) is 1. The van der Waals surface area contributed by atoms with Crippen molar-refractivity contribution in [2.75, 3.05) is 0 Å². The SMILES string of the molecule is CC(C)(O)C=CC(=O)[C@](C)(O)[C@H]1[C@H](O)C[C@@]2(C)[C@@H]3CC=C4[C@@H](C[C@H](O)[C@H](O)C4(C)C)[C@]3(C)C(=O)C[C@]12C. The number of aliphatic hydroxyl groups is 5. The number of carbonyl (C=O) groups is 2. The van der Waals surface area contributed by atoms with Crippen molar-refractivity contribution < 1.29 is 35.1 Å². The Morgan fingerprint density at radius 2 is 1.59 bits per heavy atom. The molecule has 4 rings (SSSR count). The number of carbonyl (C=O) groups excluding carboxylic acids is 2. The van der Waals surface area contributed by atoms with Crippen LogP contribution in [0.2, 0.25) is 0 Å². The lowest BCUT2D eigenvalue weighted by Crippen LogP contribution is -2.65. The van der Waals surface area contributed by atoms with Crippen LogP contribution in [0.25, 0.3) is 0 Å². The molecule has 37 heavy (non-hydrogen) atoms. The average molecular weight is 519 g/mol. The van der Waals surface area contributed by atoms with Gasteiger partial charge in [-0.1, -0.05) is 52.3 Å². The van der Waals surface area contributed by atoms with Crippen LogP contribution >= 0.6 is 0 Å². The molecule has 7 heteroatoms. The number of hydrogen-bond donors (Lipinski definition) is 5. The van der Waals surface area contributed by atoms with Crippen LogP contribution in [0.15, 0.2) is 23.8 Å². The fourth-order valence-electron chi connectivity index (χ4n) is 9.15. The van der Waals surface area contributed by atoms with Crippen LogP contribution in [0.3, 0.4) is 0 Å². The molecule has 0 saturated heterocycles. The summed E-state index contributed by atoms with van der Waals surface area (Å²) in [4.78, 5) is 27.4. The second-order valence-electron chi connectivity index (χ2n) is 14.4. The molecule has 4 aliphatic carbocycles. The third kappa shape index (κ3) is 3.79. The molecule has 10 atom stereocenters. The lowest BCUT2D eigenvalue weighted by atomic mass is 9.38. The summed E-state index contributed by atoms with van der Waals surface area (Å²) in [5, 5.41) is 54.6. The topological polar surface area (TPSA) is 135 Å². The van der Waals surface area contributed by atoms with Crippen LogP contribution in [-0.4, -0.2) is 66.6 Å². The van der Waals surface area contributed by atoms with E-state index in [0.29, 0.717) is 19.3 Å². The molecule has 0 radical (unpaired) electrons. The molecule has 0 heterocycles. The van der Waals surface area contributed by atoms with E-state index in [-0.39, 0.29) is 24.0 Å². The van der Waals surface area contributed by atoms with Gasteiger partial charge in [-0.25, -0.2) is 0 Å². The zero-order valence-electron chi connectivity index (χ0n) is 23.6. The van der Waals surface area contributed by atoms with Gasteiger partial charge < -0.3 is 25.5 Å². The van der Waals surface area contributed by atoms with Crippen LogP contribution in [0, 0.1) is 39.4 Å². The molecule has 3 saturated carbocycles. The summed E-state index contributed by atoms with van der Waals surface area (Å²) in [7, 11) is 0. The molecule has 4 aliphatic rings. The number of ketones is 2. The van der Waals surface area contributed by atoms with Crippen molar-refractivity contribution in [1.29, 1.82) is 0 Å². The maximum absolute atomic E-state index is 14.2. The minimum Gasteiger partial charge on any atom is -0.393 e. The lowest BCUT2D eigenvalue weighted by molar-refractivity contribution is -0.186. The van der Waals surface area contributed by atoms with E-state index in [0.717, 1.165) is 5.57 Å². The van der Waals surface area contributed by atoms with Crippen molar-refractivity contribution in [3.63, 3.8) is 0 Å². The van der Waals surface area contributed by atoms with E-state index in [1.165, 1.54) is 32.9 Å². The van der Waals surface area contributed by atoms with Gasteiger partial charge in [-0.15, -0.1) is 0 Å². The van der Waals surface area contributed by atoms with E-state index in [4.69, 9.17) is 0 Å². The molecule has 0 aromatic carbocycles. The van der Waals surface area contributed by atoms with Crippen LogP contribution in [-0.2, 0) is 9.59 Å². The Balaban J connectivity index is 1.79. The van der Waals surface area contributed by atoms with Crippen LogP contribution in [0.1, 0.15) is 81.1 Å². The predicted molar refractivity (Wildman–Crippen MR) is 139 cm³/mol.